The van der Waals surface area contributed by atoms with Gasteiger partial charge in [-0.1, -0.05) is 19.8 Å². The van der Waals surface area contributed by atoms with E-state index in [1.54, 1.807) is 0 Å². The van der Waals surface area contributed by atoms with Gasteiger partial charge in [0.25, 0.3) is 0 Å². The van der Waals surface area contributed by atoms with Crippen molar-refractivity contribution in [1.82, 2.24) is 9.80 Å². The van der Waals surface area contributed by atoms with Gasteiger partial charge in [-0.25, -0.2) is 0 Å². The van der Waals surface area contributed by atoms with Gasteiger partial charge in [-0.15, -0.1) is 0 Å². The van der Waals surface area contributed by atoms with E-state index in [9.17, 15) is 0 Å². The molecule has 3 rings (SSSR count). The molecule has 2 heteroatoms. The van der Waals surface area contributed by atoms with Gasteiger partial charge < -0.3 is 4.90 Å². The molecule has 0 unspecified atom stereocenters. The Balaban J connectivity index is 1.48. The van der Waals surface area contributed by atoms with Crippen molar-refractivity contribution in [3.63, 3.8) is 0 Å². The summed E-state index contributed by atoms with van der Waals surface area (Å²) in [4.78, 5) is 5.16. The molecule has 0 aromatic carbocycles. The molecule has 1 spiro atoms. The number of likely N-dealkylation sites (tertiary alicyclic amines) is 2. The second kappa shape index (κ2) is 3.46. The summed E-state index contributed by atoms with van der Waals surface area (Å²) in [5.41, 5.74) is 0.765. The molecule has 2 aliphatic heterocycles. The van der Waals surface area contributed by atoms with Crippen LogP contribution in [0.2, 0.25) is 0 Å². The van der Waals surface area contributed by atoms with E-state index in [-0.39, 0.29) is 0 Å². The van der Waals surface area contributed by atoms with Crippen LogP contribution in [0.1, 0.15) is 32.6 Å². The van der Waals surface area contributed by atoms with Gasteiger partial charge in [0.2, 0.25) is 0 Å². The minimum atomic E-state index is 0.765. The first-order chi connectivity index (χ1) is 7.17. The fourth-order valence-corrected chi connectivity index (χ4v) is 3.66. The summed E-state index contributed by atoms with van der Waals surface area (Å²) in [7, 11) is 2.23. The summed E-state index contributed by atoms with van der Waals surface area (Å²) in [5.74, 6) is 1.000. The zero-order valence-electron chi connectivity index (χ0n) is 10.2. The highest BCUT2D eigenvalue weighted by Gasteiger charge is 2.48. The van der Waals surface area contributed by atoms with E-state index in [4.69, 9.17) is 0 Å². The number of hydrogen-bond donors (Lipinski definition) is 0. The summed E-state index contributed by atoms with van der Waals surface area (Å²) in [6.07, 6.45) is 5.98. The molecule has 0 bridgehead atoms. The quantitative estimate of drug-likeness (QED) is 0.648. The third-order valence-corrected chi connectivity index (χ3v) is 4.97. The van der Waals surface area contributed by atoms with Gasteiger partial charge in [0.1, 0.15) is 0 Å². The van der Waals surface area contributed by atoms with E-state index < -0.39 is 0 Å². The Labute approximate surface area is 93.6 Å². The second-order valence-corrected chi connectivity index (χ2v) is 6.46. The van der Waals surface area contributed by atoms with Gasteiger partial charge in [0, 0.05) is 32.2 Å². The number of likely N-dealkylation sites (N-methyl/N-ethyl adjacent to an activating group) is 1. The predicted octanol–water partition coefficient (Wildman–Crippen LogP) is 1.81. The smallest absolute Gasteiger partial charge is 0.0350 e. The Bertz CT molecular complexity index is 229. The van der Waals surface area contributed by atoms with Crippen LogP contribution in [-0.4, -0.2) is 49.1 Å². The van der Waals surface area contributed by atoms with Crippen molar-refractivity contribution in [1.29, 1.82) is 0 Å². The van der Waals surface area contributed by atoms with E-state index in [2.05, 4.69) is 23.8 Å². The van der Waals surface area contributed by atoms with Crippen molar-refractivity contribution in [2.24, 2.45) is 11.3 Å². The van der Waals surface area contributed by atoms with Crippen LogP contribution in [0.4, 0.5) is 0 Å². The van der Waals surface area contributed by atoms with Crippen LogP contribution >= 0.6 is 0 Å². The summed E-state index contributed by atoms with van der Waals surface area (Å²) in [5, 5.41) is 0. The Morgan fingerprint density at radius 3 is 2.20 bits per heavy atom. The van der Waals surface area contributed by atoms with E-state index in [0.29, 0.717) is 0 Å². The molecule has 3 fully saturated rings. The molecule has 86 valence electrons. The van der Waals surface area contributed by atoms with Gasteiger partial charge in [-0.05, 0) is 31.2 Å². The molecule has 0 amide bonds. The summed E-state index contributed by atoms with van der Waals surface area (Å²) >= 11 is 0. The third-order valence-electron chi connectivity index (χ3n) is 4.97. The van der Waals surface area contributed by atoms with Gasteiger partial charge in [-0.2, -0.15) is 0 Å². The lowest BCUT2D eigenvalue weighted by Crippen LogP contribution is -2.68. The first kappa shape index (κ1) is 10.1. The second-order valence-electron chi connectivity index (χ2n) is 6.46. The van der Waals surface area contributed by atoms with E-state index in [0.717, 1.165) is 17.4 Å². The highest BCUT2D eigenvalue weighted by Crippen LogP contribution is 2.46. The SMILES string of the molecule is CC1CCC2(CC1)CN(C1CN(C)C1)C2. The topological polar surface area (TPSA) is 6.48 Å². The lowest BCUT2D eigenvalue weighted by Gasteiger charge is -2.59. The monoisotopic (exact) mass is 208 g/mol. The van der Waals surface area contributed by atoms with Crippen molar-refractivity contribution < 1.29 is 0 Å². The zero-order chi connectivity index (χ0) is 10.5. The summed E-state index contributed by atoms with van der Waals surface area (Å²) < 4.78 is 0. The molecule has 2 saturated heterocycles. The van der Waals surface area contributed by atoms with Crippen molar-refractivity contribution >= 4 is 0 Å². The highest BCUT2D eigenvalue weighted by molar-refractivity contribution is 5.02. The molecule has 2 heterocycles. The molecule has 1 aliphatic carbocycles. The maximum absolute atomic E-state index is 2.73. The molecule has 0 N–H and O–H groups in total. The number of hydrogen-bond acceptors (Lipinski definition) is 2. The van der Waals surface area contributed by atoms with Crippen LogP contribution in [0.3, 0.4) is 0 Å². The number of rotatable bonds is 1. The van der Waals surface area contributed by atoms with Crippen LogP contribution in [0.25, 0.3) is 0 Å². The molecular weight excluding hydrogens is 184 g/mol. The van der Waals surface area contributed by atoms with Gasteiger partial charge in [-0.3, -0.25) is 4.90 Å². The maximum atomic E-state index is 2.73. The minimum Gasteiger partial charge on any atom is -0.303 e. The van der Waals surface area contributed by atoms with E-state index >= 15 is 0 Å². The molecule has 15 heavy (non-hydrogen) atoms. The van der Waals surface area contributed by atoms with Crippen LogP contribution in [-0.2, 0) is 0 Å². The third kappa shape index (κ3) is 1.72. The Morgan fingerprint density at radius 1 is 1.07 bits per heavy atom. The first-order valence-corrected chi connectivity index (χ1v) is 6.59. The normalized spacial score (nSPS) is 34.0. The summed E-state index contributed by atoms with van der Waals surface area (Å²) in [6, 6.07) is 0.903. The fourth-order valence-electron chi connectivity index (χ4n) is 3.66. The molecule has 0 radical (unpaired) electrons. The lowest BCUT2D eigenvalue weighted by molar-refractivity contribution is -0.0949. The fraction of sp³-hybridized carbons (Fsp3) is 1.00. The van der Waals surface area contributed by atoms with Crippen molar-refractivity contribution in [2.75, 3.05) is 33.2 Å². The highest BCUT2D eigenvalue weighted by atomic mass is 15.3. The first-order valence-electron chi connectivity index (χ1n) is 6.59. The Kier molecular flexibility index (Phi) is 2.33. The largest absolute Gasteiger partial charge is 0.303 e. The lowest BCUT2D eigenvalue weighted by atomic mass is 9.65. The van der Waals surface area contributed by atoms with Crippen molar-refractivity contribution in [3.8, 4) is 0 Å². The Hall–Kier alpha value is -0.0800. The van der Waals surface area contributed by atoms with Crippen LogP contribution < -0.4 is 0 Å². The van der Waals surface area contributed by atoms with Gasteiger partial charge in [0.05, 0.1) is 0 Å². The van der Waals surface area contributed by atoms with E-state index in [1.807, 2.05) is 0 Å². The van der Waals surface area contributed by atoms with E-state index in [1.165, 1.54) is 51.9 Å². The molecule has 1 saturated carbocycles. The molecule has 2 nitrogen and oxygen atoms in total. The maximum Gasteiger partial charge on any atom is 0.0350 e. The average molecular weight is 208 g/mol. The molecule has 0 atom stereocenters. The molecular formula is C13H24N2. The van der Waals surface area contributed by atoms with Gasteiger partial charge in [0.15, 0.2) is 0 Å². The van der Waals surface area contributed by atoms with Crippen molar-refractivity contribution in [3.05, 3.63) is 0 Å². The van der Waals surface area contributed by atoms with Gasteiger partial charge >= 0.3 is 0 Å². The minimum absolute atomic E-state index is 0.765. The van der Waals surface area contributed by atoms with Crippen LogP contribution in [0.5, 0.6) is 0 Å². The predicted molar refractivity (Wildman–Crippen MR) is 62.9 cm³/mol. The van der Waals surface area contributed by atoms with Crippen molar-refractivity contribution in [2.45, 2.75) is 38.6 Å². The number of nitrogens with zero attached hydrogens (tertiary/aromatic N) is 2. The molecule has 3 aliphatic rings. The summed E-state index contributed by atoms with van der Waals surface area (Å²) in [6.45, 7) is 7.87. The van der Waals surface area contributed by atoms with Crippen LogP contribution in [0, 0.1) is 11.3 Å². The Morgan fingerprint density at radius 2 is 1.67 bits per heavy atom. The standard InChI is InChI=1S/C13H24N2/c1-11-3-5-13(6-4-11)9-15(10-13)12-7-14(2)8-12/h11-12H,3-10H2,1-2H3. The van der Waals surface area contributed by atoms with Crippen LogP contribution in [0.15, 0.2) is 0 Å². The molecule has 0 aromatic rings. The molecule has 0 aromatic heterocycles. The zero-order valence-corrected chi connectivity index (χ0v) is 10.2. The average Bonchev–Trinajstić information content (AvgIpc) is 2.12.